The lowest BCUT2D eigenvalue weighted by Gasteiger charge is -2.07. The van der Waals surface area contributed by atoms with Crippen LogP contribution in [0, 0.1) is 0 Å². The highest BCUT2D eigenvalue weighted by Gasteiger charge is 2.06. The van der Waals surface area contributed by atoms with Gasteiger partial charge in [-0.1, -0.05) is 43.9 Å². The van der Waals surface area contributed by atoms with Crippen molar-refractivity contribution in [3.63, 3.8) is 0 Å². The molecule has 1 heterocycles. The van der Waals surface area contributed by atoms with Crippen molar-refractivity contribution in [3.05, 3.63) is 42.1 Å². The van der Waals surface area contributed by atoms with Crippen molar-refractivity contribution in [2.45, 2.75) is 58.0 Å². The summed E-state index contributed by atoms with van der Waals surface area (Å²) >= 11 is 0. The van der Waals surface area contributed by atoms with Crippen molar-refractivity contribution >= 4 is 22.8 Å². The van der Waals surface area contributed by atoms with E-state index in [4.69, 9.17) is 4.74 Å². The molecule has 0 N–H and O–H groups in total. The van der Waals surface area contributed by atoms with Gasteiger partial charge in [0.25, 0.3) is 0 Å². The maximum absolute atomic E-state index is 11.9. The van der Waals surface area contributed by atoms with E-state index in [2.05, 4.69) is 9.72 Å². The molecule has 1 aromatic carbocycles. The number of hydrogen-bond donors (Lipinski definition) is 0. The Hall–Kier alpha value is -2.43. The normalized spacial score (nSPS) is 10.7. The molecule has 0 fully saturated rings. The maximum atomic E-state index is 11.9. The number of esters is 2. The molecule has 0 aliphatic heterocycles. The molecule has 0 spiro atoms. The van der Waals surface area contributed by atoms with E-state index in [1.807, 2.05) is 30.3 Å². The maximum Gasteiger partial charge on any atom is 0.306 e. The number of methoxy groups -OCH3 is 1. The van der Waals surface area contributed by atoms with Crippen LogP contribution in [-0.4, -0.2) is 24.0 Å². The Labute approximate surface area is 154 Å². The van der Waals surface area contributed by atoms with Gasteiger partial charge in [0.1, 0.15) is 6.61 Å². The molecule has 2 rings (SSSR count). The molecular formula is C21H27NO4. The summed E-state index contributed by atoms with van der Waals surface area (Å²) in [5.41, 5.74) is 1.89. The average molecular weight is 357 g/mol. The topological polar surface area (TPSA) is 65.5 Å². The average Bonchev–Trinajstić information content (AvgIpc) is 2.68. The molecule has 0 bridgehead atoms. The number of carbonyl (C=O) groups excluding carboxylic acids is 2. The molecule has 0 atom stereocenters. The number of rotatable bonds is 11. The Morgan fingerprint density at radius 3 is 2.27 bits per heavy atom. The number of ether oxygens (including phenoxy) is 2. The summed E-state index contributed by atoms with van der Waals surface area (Å²) in [6.07, 6.45) is 8.57. The fraction of sp³-hybridized carbons (Fsp3) is 0.476. The predicted molar refractivity (Wildman–Crippen MR) is 100 cm³/mol. The minimum atomic E-state index is -0.156. The van der Waals surface area contributed by atoms with Gasteiger partial charge < -0.3 is 9.47 Å². The van der Waals surface area contributed by atoms with Crippen LogP contribution in [0.25, 0.3) is 10.9 Å². The second-order valence-corrected chi connectivity index (χ2v) is 6.35. The summed E-state index contributed by atoms with van der Waals surface area (Å²) in [6, 6.07) is 9.74. The SMILES string of the molecule is COC(=O)CCCCCCCCC(=O)OCc1ccnc2ccccc12. The van der Waals surface area contributed by atoms with E-state index in [0.717, 1.165) is 55.0 Å². The molecule has 2 aromatic rings. The van der Waals surface area contributed by atoms with E-state index in [-0.39, 0.29) is 18.5 Å². The first-order chi connectivity index (χ1) is 12.7. The molecule has 140 valence electrons. The van der Waals surface area contributed by atoms with Crippen molar-refractivity contribution in [2.75, 3.05) is 7.11 Å². The van der Waals surface area contributed by atoms with Gasteiger partial charge in [0.05, 0.1) is 12.6 Å². The van der Waals surface area contributed by atoms with Gasteiger partial charge in [0.15, 0.2) is 0 Å². The van der Waals surface area contributed by atoms with Crippen molar-refractivity contribution in [2.24, 2.45) is 0 Å². The third-order valence-corrected chi connectivity index (χ3v) is 4.37. The van der Waals surface area contributed by atoms with Crippen LogP contribution in [0.4, 0.5) is 0 Å². The highest BCUT2D eigenvalue weighted by Crippen LogP contribution is 2.17. The number of unbranched alkanes of at least 4 members (excludes halogenated alkanes) is 5. The molecule has 0 aliphatic rings. The van der Waals surface area contributed by atoms with Crippen molar-refractivity contribution < 1.29 is 19.1 Å². The standard InChI is InChI=1S/C21H27NO4/c1-25-20(23)12-6-4-2-3-5-7-13-21(24)26-16-17-14-15-22-19-11-9-8-10-18(17)19/h8-11,14-15H,2-7,12-13,16H2,1H3. The minimum Gasteiger partial charge on any atom is -0.469 e. The van der Waals surface area contributed by atoms with Crippen LogP contribution in [0.1, 0.15) is 56.9 Å². The van der Waals surface area contributed by atoms with Crippen LogP contribution in [0.3, 0.4) is 0 Å². The van der Waals surface area contributed by atoms with Gasteiger partial charge in [-0.3, -0.25) is 14.6 Å². The number of benzene rings is 1. The number of nitrogens with zero attached hydrogens (tertiary/aromatic N) is 1. The van der Waals surface area contributed by atoms with Crippen molar-refractivity contribution in [1.29, 1.82) is 0 Å². The summed E-state index contributed by atoms with van der Waals surface area (Å²) in [6.45, 7) is 0.287. The molecule has 0 aliphatic carbocycles. The summed E-state index contributed by atoms with van der Waals surface area (Å²) in [4.78, 5) is 27.2. The van der Waals surface area contributed by atoms with E-state index in [1.165, 1.54) is 7.11 Å². The Balaban J connectivity index is 1.57. The van der Waals surface area contributed by atoms with Crippen LogP contribution in [0.2, 0.25) is 0 Å². The zero-order chi connectivity index (χ0) is 18.6. The van der Waals surface area contributed by atoms with Crippen LogP contribution >= 0.6 is 0 Å². The smallest absolute Gasteiger partial charge is 0.306 e. The molecule has 5 heteroatoms. The lowest BCUT2D eigenvalue weighted by Crippen LogP contribution is -2.05. The monoisotopic (exact) mass is 357 g/mol. The van der Waals surface area contributed by atoms with E-state index >= 15 is 0 Å². The Bertz CT molecular complexity index is 709. The highest BCUT2D eigenvalue weighted by molar-refractivity contribution is 5.82. The van der Waals surface area contributed by atoms with Gasteiger partial charge in [-0.2, -0.15) is 0 Å². The van der Waals surface area contributed by atoms with E-state index < -0.39 is 0 Å². The van der Waals surface area contributed by atoms with Gasteiger partial charge in [-0.05, 0) is 25.0 Å². The quantitative estimate of drug-likeness (QED) is 0.435. The van der Waals surface area contributed by atoms with E-state index in [9.17, 15) is 9.59 Å². The fourth-order valence-corrected chi connectivity index (χ4v) is 2.86. The highest BCUT2D eigenvalue weighted by atomic mass is 16.5. The van der Waals surface area contributed by atoms with Gasteiger partial charge in [0.2, 0.25) is 0 Å². The number of pyridine rings is 1. The first kappa shape index (κ1) is 19.9. The molecule has 26 heavy (non-hydrogen) atoms. The Morgan fingerprint density at radius 2 is 1.54 bits per heavy atom. The van der Waals surface area contributed by atoms with Gasteiger partial charge >= 0.3 is 11.9 Å². The summed E-state index contributed by atoms with van der Waals surface area (Å²) in [5, 5.41) is 1.02. The number of aromatic nitrogens is 1. The number of carbonyl (C=O) groups is 2. The summed E-state index contributed by atoms with van der Waals surface area (Å²) in [5.74, 6) is -0.300. The number of fused-ring (bicyclic) bond motifs is 1. The second-order valence-electron chi connectivity index (χ2n) is 6.35. The van der Waals surface area contributed by atoms with Crippen molar-refractivity contribution in [1.82, 2.24) is 4.98 Å². The third kappa shape index (κ3) is 6.82. The van der Waals surface area contributed by atoms with Gasteiger partial charge in [-0.15, -0.1) is 0 Å². The summed E-state index contributed by atoms with van der Waals surface area (Å²) < 4.78 is 10.0. The molecule has 5 nitrogen and oxygen atoms in total. The van der Waals surface area contributed by atoms with Gasteiger partial charge in [-0.25, -0.2) is 0 Å². The largest absolute Gasteiger partial charge is 0.469 e. The first-order valence-corrected chi connectivity index (χ1v) is 9.26. The minimum absolute atomic E-state index is 0.144. The lowest BCUT2D eigenvalue weighted by molar-refractivity contribution is -0.145. The van der Waals surface area contributed by atoms with Crippen LogP contribution < -0.4 is 0 Å². The second kappa shape index (κ2) is 11.2. The molecular weight excluding hydrogens is 330 g/mol. The zero-order valence-corrected chi connectivity index (χ0v) is 15.4. The number of hydrogen-bond acceptors (Lipinski definition) is 5. The molecule has 0 amide bonds. The van der Waals surface area contributed by atoms with Gasteiger partial charge in [0, 0.05) is 30.0 Å². The molecule has 1 aromatic heterocycles. The van der Waals surface area contributed by atoms with Crippen LogP contribution in [-0.2, 0) is 25.7 Å². The molecule has 0 unspecified atom stereocenters. The zero-order valence-electron chi connectivity index (χ0n) is 15.4. The Morgan fingerprint density at radius 1 is 0.885 bits per heavy atom. The van der Waals surface area contributed by atoms with E-state index in [0.29, 0.717) is 12.8 Å². The predicted octanol–water partition coefficient (Wildman–Crippen LogP) is 4.57. The van der Waals surface area contributed by atoms with Crippen LogP contribution in [0.15, 0.2) is 36.5 Å². The molecule has 0 saturated heterocycles. The third-order valence-electron chi connectivity index (χ3n) is 4.37. The first-order valence-electron chi connectivity index (χ1n) is 9.26. The fourth-order valence-electron chi connectivity index (χ4n) is 2.86. The number of para-hydroxylation sites is 1. The molecule has 0 radical (unpaired) electrons. The summed E-state index contributed by atoms with van der Waals surface area (Å²) in [7, 11) is 1.42. The van der Waals surface area contributed by atoms with Crippen LogP contribution in [0.5, 0.6) is 0 Å². The van der Waals surface area contributed by atoms with Crippen molar-refractivity contribution in [3.8, 4) is 0 Å². The van der Waals surface area contributed by atoms with E-state index in [1.54, 1.807) is 6.20 Å². The Kier molecular flexibility index (Phi) is 8.60. The lowest BCUT2D eigenvalue weighted by atomic mass is 10.1. The molecule has 0 saturated carbocycles.